The lowest BCUT2D eigenvalue weighted by Crippen LogP contribution is -2.18. The van der Waals surface area contributed by atoms with Crippen LogP contribution in [0.15, 0.2) is 102 Å². The number of hydrogen-bond donors (Lipinski definition) is 4. The first-order chi connectivity index (χ1) is 27.5. The molecule has 0 amide bonds. The molecule has 0 heterocycles. The third-order valence-corrected chi connectivity index (χ3v) is 12.5. The third kappa shape index (κ3) is 9.79. The van der Waals surface area contributed by atoms with Crippen molar-refractivity contribution < 1.29 is 45.7 Å². The first-order valence-corrected chi connectivity index (χ1v) is 22.3. The van der Waals surface area contributed by atoms with Gasteiger partial charge in [-0.3, -0.25) is 9.11 Å². The minimum Gasteiger partial charge on any atom is -0.478 e. The lowest BCUT2D eigenvalue weighted by atomic mass is 9.82. The van der Waals surface area contributed by atoms with Gasteiger partial charge in [0.15, 0.2) is 10.2 Å². The largest absolute Gasteiger partial charge is 0.478 e. The lowest BCUT2D eigenvalue weighted by Gasteiger charge is -2.21. The van der Waals surface area contributed by atoms with E-state index in [2.05, 4.69) is 55.4 Å². The zero-order valence-corrected chi connectivity index (χ0v) is 36.1. The Morgan fingerprint density at radius 3 is 1.25 bits per heavy atom. The molecule has 59 heavy (non-hydrogen) atoms. The maximum absolute atomic E-state index is 13.1. The van der Waals surface area contributed by atoms with E-state index < -0.39 is 42.3 Å². The van der Waals surface area contributed by atoms with Gasteiger partial charge in [-0.15, -0.1) is 0 Å². The van der Waals surface area contributed by atoms with Gasteiger partial charge in [0, 0.05) is 23.3 Å². The molecule has 0 aromatic heterocycles. The normalized spacial score (nSPS) is 13.5. The fourth-order valence-electron chi connectivity index (χ4n) is 7.93. The number of benzene rings is 4. The second-order valence-electron chi connectivity index (χ2n) is 16.1. The summed E-state index contributed by atoms with van der Waals surface area (Å²) in [5.41, 5.74) is 7.04. The summed E-state index contributed by atoms with van der Waals surface area (Å²) in [7, 11) is -10.2. The molecule has 1 aliphatic rings. The van der Waals surface area contributed by atoms with Crippen LogP contribution < -0.4 is 0 Å². The van der Waals surface area contributed by atoms with Gasteiger partial charge in [0.25, 0.3) is 0 Å². The third-order valence-electron chi connectivity index (χ3n) is 10.8. The fraction of sp³-hybridized carbons (Fsp3) is 0.298. The van der Waals surface area contributed by atoms with Crippen LogP contribution in [0.4, 0.5) is 0 Å². The smallest absolute Gasteiger partial charge is 0.336 e. The van der Waals surface area contributed by atoms with Crippen LogP contribution in [0.5, 0.6) is 0 Å². The Hall–Kier alpha value is -5.27. The van der Waals surface area contributed by atoms with Crippen molar-refractivity contribution in [3.05, 3.63) is 174 Å². The number of carboxylic acid groups (broad SMARTS) is 2. The average Bonchev–Trinajstić information content (AvgIpc) is 3.14. The van der Waals surface area contributed by atoms with Crippen molar-refractivity contribution in [2.45, 2.75) is 91.9 Å². The number of allylic oxidation sites excluding steroid dienone is 2. The van der Waals surface area contributed by atoms with Gasteiger partial charge in [0.05, 0.1) is 22.8 Å². The van der Waals surface area contributed by atoms with Crippen molar-refractivity contribution in [1.82, 2.24) is 0 Å². The Bertz CT molecular complexity index is 2440. The van der Waals surface area contributed by atoms with Crippen LogP contribution in [-0.2, 0) is 33.1 Å². The van der Waals surface area contributed by atoms with E-state index in [0.717, 1.165) is 45.5 Å². The van der Waals surface area contributed by atoms with Crippen molar-refractivity contribution >= 4 is 37.7 Å². The van der Waals surface area contributed by atoms with Gasteiger partial charge >= 0.3 is 32.2 Å². The van der Waals surface area contributed by atoms with Gasteiger partial charge in [0.1, 0.15) is 5.57 Å². The molecule has 0 saturated heterocycles. The molecule has 4 aromatic carbocycles. The molecule has 1 aliphatic carbocycles. The number of rotatable bonds is 14. The molecule has 0 aliphatic heterocycles. The summed E-state index contributed by atoms with van der Waals surface area (Å²) in [5.74, 6) is -1.97. The monoisotopic (exact) mass is 839 g/mol. The van der Waals surface area contributed by atoms with Crippen LogP contribution >= 0.6 is 0 Å². The number of carboxylic acids is 2. The molecule has 0 radical (unpaired) electrons. The molecule has 10 nitrogen and oxygen atoms in total. The Balaban J connectivity index is 1.81. The Labute approximate surface area is 347 Å². The van der Waals surface area contributed by atoms with Gasteiger partial charge in [-0.1, -0.05) is 104 Å². The highest BCUT2D eigenvalue weighted by Crippen LogP contribution is 2.41. The van der Waals surface area contributed by atoms with Crippen molar-refractivity contribution in [1.29, 1.82) is 0 Å². The van der Waals surface area contributed by atoms with E-state index in [1.165, 1.54) is 12.1 Å². The SMILES string of the molecule is CC(C)c1cccc(C(C)C)c1Cc1ccc(C(=C2C=CC(S(=O)(=O)O)=C[C+]2S(=O)(=O)O)c2ccc(Cc3c(C(C)C)cccc3C(C)C)c(C(=O)O)c2)cc1C(=O)O. The van der Waals surface area contributed by atoms with E-state index in [1.807, 2.05) is 36.4 Å². The summed E-state index contributed by atoms with van der Waals surface area (Å²) in [6, 6.07) is 21.2. The van der Waals surface area contributed by atoms with Gasteiger partial charge in [-0.25, -0.2) is 9.59 Å². The molecule has 310 valence electrons. The number of carbonyl (C=O) groups is 2. The second-order valence-corrected chi connectivity index (χ2v) is 19.0. The molecule has 0 bridgehead atoms. The summed E-state index contributed by atoms with van der Waals surface area (Å²) in [6.45, 7) is 16.5. The molecular formula is C47H51O10S2+. The van der Waals surface area contributed by atoms with Gasteiger partial charge in [-0.2, -0.15) is 16.8 Å². The maximum atomic E-state index is 13.1. The molecule has 0 atom stereocenters. The summed E-state index contributed by atoms with van der Waals surface area (Å²) in [4.78, 5) is 25.3. The van der Waals surface area contributed by atoms with E-state index in [9.17, 15) is 45.7 Å². The predicted molar refractivity (Wildman–Crippen MR) is 231 cm³/mol. The highest BCUT2D eigenvalue weighted by molar-refractivity contribution is 7.90. The summed E-state index contributed by atoms with van der Waals surface area (Å²) >= 11 is 0. The van der Waals surface area contributed by atoms with E-state index in [0.29, 0.717) is 17.2 Å². The summed E-state index contributed by atoms with van der Waals surface area (Å²) in [6.07, 6.45) is 3.17. The number of aromatic carboxylic acids is 2. The molecule has 0 unspecified atom stereocenters. The Kier molecular flexibility index (Phi) is 13.3. The zero-order chi connectivity index (χ0) is 43.7. The van der Waals surface area contributed by atoms with E-state index in [4.69, 9.17) is 0 Å². The van der Waals surface area contributed by atoms with Crippen LogP contribution in [0.1, 0.15) is 155 Å². The molecule has 5 rings (SSSR count). The van der Waals surface area contributed by atoms with Crippen LogP contribution in [0, 0.1) is 5.25 Å². The molecule has 12 heteroatoms. The first-order valence-electron chi connectivity index (χ1n) is 19.4. The molecular weight excluding hydrogens is 789 g/mol. The highest BCUT2D eigenvalue weighted by atomic mass is 32.2. The quantitative estimate of drug-likeness (QED) is 0.0704. The topological polar surface area (TPSA) is 183 Å². The van der Waals surface area contributed by atoms with Crippen LogP contribution in [0.25, 0.3) is 5.57 Å². The van der Waals surface area contributed by atoms with Crippen LogP contribution in [0.3, 0.4) is 0 Å². The Morgan fingerprint density at radius 2 is 0.949 bits per heavy atom. The molecule has 0 fully saturated rings. The van der Waals surface area contributed by atoms with Gasteiger partial charge < -0.3 is 10.2 Å². The minimum absolute atomic E-state index is 0.00138. The van der Waals surface area contributed by atoms with Crippen molar-refractivity contribution in [3.8, 4) is 0 Å². The average molecular weight is 840 g/mol. The Morgan fingerprint density at radius 1 is 0.576 bits per heavy atom. The van der Waals surface area contributed by atoms with Crippen molar-refractivity contribution in [2.24, 2.45) is 0 Å². The molecule has 4 N–H and O–H groups in total. The zero-order valence-electron chi connectivity index (χ0n) is 34.4. The van der Waals surface area contributed by atoms with E-state index >= 15 is 0 Å². The van der Waals surface area contributed by atoms with E-state index in [-0.39, 0.29) is 69.9 Å². The number of hydrogen-bond acceptors (Lipinski definition) is 6. The molecule has 0 spiro atoms. The van der Waals surface area contributed by atoms with Crippen LogP contribution in [-0.4, -0.2) is 48.1 Å². The second kappa shape index (κ2) is 17.5. The van der Waals surface area contributed by atoms with E-state index in [1.54, 1.807) is 24.3 Å². The van der Waals surface area contributed by atoms with Crippen LogP contribution in [0.2, 0.25) is 0 Å². The first kappa shape index (κ1) is 44.8. The predicted octanol–water partition coefficient (Wildman–Crippen LogP) is 10.3. The standard InChI is InChI=1S/C47H50O10S2/c1-26(2)35-11-9-12-36(27(3)4)42(35)21-30-15-17-32(23-40(30)46(48)49)45(39-20-19-34(58(52,53)54)25-44(39)59(55,56)57)33-18-16-31(41(24-33)47(50)51)22-43-37(28(5)6)13-10-14-38(43)29(7)8/h9-20,23-29H,21-22H2,1-8H3,(H3-,48,49,50,51,52,53,54,55,56,57)/p+1. The van der Waals surface area contributed by atoms with Crippen molar-refractivity contribution in [2.75, 3.05) is 0 Å². The minimum atomic E-state index is -5.21. The summed E-state index contributed by atoms with van der Waals surface area (Å²) < 4.78 is 70.6. The van der Waals surface area contributed by atoms with Crippen molar-refractivity contribution in [3.63, 3.8) is 0 Å². The maximum Gasteiger partial charge on any atom is 0.336 e. The van der Waals surface area contributed by atoms with Gasteiger partial charge in [0.2, 0.25) is 0 Å². The lowest BCUT2D eigenvalue weighted by molar-refractivity contribution is 0.0685. The fourth-order valence-corrected chi connectivity index (χ4v) is 9.24. The molecule has 0 saturated carbocycles. The summed E-state index contributed by atoms with van der Waals surface area (Å²) in [5, 5.41) is 20.4. The van der Waals surface area contributed by atoms with Gasteiger partial charge in [-0.05, 0) is 105 Å². The highest BCUT2D eigenvalue weighted by Gasteiger charge is 2.40. The molecule has 4 aromatic rings.